The molecule has 1 N–H and O–H groups in total. The smallest absolute Gasteiger partial charge is 0.0948 e. The van der Waals surface area contributed by atoms with Gasteiger partial charge in [0.15, 0.2) is 0 Å². The van der Waals surface area contributed by atoms with Gasteiger partial charge in [-0.15, -0.1) is 0 Å². The van der Waals surface area contributed by atoms with Gasteiger partial charge in [0, 0.05) is 5.56 Å². The fourth-order valence-corrected chi connectivity index (χ4v) is 2.05. The molecule has 0 aliphatic rings. The summed E-state index contributed by atoms with van der Waals surface area (Å²) in [5.74, 6) is 0. The van der Waals surface area contributed by atoms with E-state index in [0.29, 0.717) is 0 Å². The summed E-state index contributed by atoms with van der Waals surface area (Å²) in [4.78, 5) is 0.890. The second-order valence-electron chi connectivity index (χ2n) is 4.00. The Balaban J connectivity index is 2.37. The summed E-state index contributed by atoms with van der Waals surface area (Å²) in [6.07, 6.45) is 0. The van der Waals surface area contributed by atoms with Gasteiger partial charge in [-0.1, -0.05) is 30.3 Å². The van der Waals surface area contributed by atoms with Crippen LogP contribution >= 0.6 is 11.5 Å². The van der Waals surface area contributed by atoms with E-state index < -0.39 is 5.60 Å². The highest BCUT2D eigenvalue weighted by atomic mass is 32.1. The molecular formula is C12H13NOS. The van der Waals surface area contributed by atoms with E-state index in [1.807, 2.05) is 36.4 Å². The van der Waals surface area contributed by atoms with E-state index in [9.17, 15) is 5.11 Å². The van der Waals surface area contributed by atoms with Crippen LogP contribution in [-0.2, 0) is 5.60 Å². The van der Waals surface area contributed by atoms with Crippen LogP contribution in [0, 0.1) is 0 Å². The van der Waals surface area contributed by atoms with E-state index in [1.54, 1.807) is 13.8 Å². The lowest BCUT2D eigenvalue weighted by molar-refractivity contribution is 0.0826. The molecule has 1 aromatic heterocycles. The molecule has 0 radical (unpaired) electrons. The van der Waals surface area contributed by atoms with Crippen molar-refractivity contribution in [3.63, 3.8) is 0 Å². The lowest BCUT2D eigenvalue weighted by atomic mass is 10.1. The molecule has 78 valence electrons. The highest BCUT2D eigenvalue weighted by molar-refractivity contribution is 7.06. The molecule has 1 heterocycles. The Bertz CT molecular complexity index is 442. The molecule has 2 rings (SSSR count). The van der Waals surface area contributed by atoms with Gasteiger partial charge in [-0.3, -0.25) is 0 Å². The van der Waals surface area contributed by atoms with E-state index in [4.69, 9.17) is 0 Å². The average molecular weight is 219 g/mol. The van der Waals surface area contributed by atoms with Gasteiger partial charge in [-0.05, 0) is 31.4 Å². The zero-order chi connectivity index (χ0) is 10.9. The van der Waals surface area contributed by atoms with E-state index in [0.717, 1.165) is 16.1 Å². The molecule has 1 aromatic carbocycles. The van der Waals surface area contributed by atoms with Crippen LogP contribution < -0.4 is 0 Å². The number of hydrogen-bond acceptors (Lipinski definition) is 3. The lowest BCUT2D eigenvalue weighted by Gasteiger charge is -2.12. The van der Waals surface area contributed by atoms with Crippen LogP contribution in [0.4, 0.5) is 0 Å². The van der Waals surface area contributed by atoms with Gasteiger partial charge < -0.3 is 5.11 Å². The molecule has 2 nitrogen and oxygen atoms in total. The predicted molar refractivity (Wildman–Crippen MR) is 62.8 cm³/mol. The molecule has 0 bridgehead atoms. The number of aliphatic hydroxyl groups is 1. The Morgan fingerprint density at radius 2 is 1.87 bits per heavy atom. The van der Waals surface area contributed by atoms with E-state index in [-0.39, 0.29) is 0 Å². The molecule has 0 atom stereocenters. The molecule has 2 aromatic rings. The maximum absolute atomic E-state index is 9.82. The minimum atomic E-state index is -0.801. The zero-order valence-corrected chi connectivity index (χ0v) is 9.58. The first-order valence-electron chi connectivity index (χ1n) is 4.82. The fourth-order valence-electron chi connectivity index (χ4n) is 1.31. The van der Waals surface area contributed by atoms with Crippen LogP contribution in [0.15, 0.2) is 36.4 Å². The molecular weight excluding hydrogens is 206 g/mol. The van der Waals surface area contributed by atoms with Crippen molar-refractivity contribution in [3.05, 3.63) is 41.3 Å². The summed E-state index contributed by atoms with van der Waals surface area (Å²) in [5.41, 5.74) is 1.21. The Morgan fingerprint density at radius 3 is 2.40 bits per heavy atom. The first kappa shape index (κ1) is 10.3. The van der Waals surface area contributed by atoms with E-state index in [2.05, 4.69) is 4.37 Å². The Kier molecular flexibility index (Phi) is 2.59. The van der Waals surface area contributed by atoms with Crippen LogP contribution in [0.5, 0.6) is 0 Å². The van der Waals surface area contributed by atoms with Crippen molar-refractivity contribution in [2.24, 2.45) is 0 Å². The SMILES string of the molecule is CC(C)(O)c1cc(-c2ccccc2)ns1. The summed E-state index contributed by atoms with van der Waals surface area (Å²) in [6, 6.07) is 11.9. The highest BCUT2D eigenvalue weighted by Crippen LogP contribution is 2.28. The number of rotatable bonds is 2. The molecule has 0 saturated carbocycles. The second kappa shape index (κ2) is 3.76. The number of aromatic nitrogens is 1. The van der Waals surface area contributed by atoms with E-state index in [1.165, 1.54) is 11.5 Å². The van der Waals surface area contributed by atoms with Gasteiger partial charge in [-0.2, -0.15) is 4.37 Å². The summed E-state index contributed by atoms with van der Waals surface area (Å²) >= 11 is 1.35. The topological polar surface area (TPSA) is 33.1 Å². The minimum Gasteiger partial charge on any atom is -0.385 e. The van der Waals surface area contributed by atoms with Gasteiger partial charge in [0.2, 0.25) is 0 Å². The first-order chi connectivity index (χ1) is 7.07. The van der Waals surface area contributed by atoms with Crippen LogP contribution in [0.3, 0.4) is 0 Å². The van der Waals surface area contributed by atoms with Crippen molar-refractivity contribution >= 4 is 11.5 Å². The molecule has 0 saturated heterocycles. The normalized spacial score (nSPS) is 11.7. The Morgan fingerprint density at radius 1 is 1.20 bits per heavy atom. The molecule has 0 aliphatic heterocycles. The van der Waals surface area contributed by atoms with Crippen LogP contribution in [0.25, 0.3) is 11.3 Å². The van der Waals surface area contributed by atoms with Crippen molar-refractivity contribution in [1.29, 1.82) is 0 Å². The second-order valence-corrected chi connectivity index (χ2v) is 4.81. The van der Waals surface area contributed by atoms with Crippen molar-refractivity contribution in [2.75, 3.05) is 0 Å². The molecule has 0 fully saturated rings. The minimum absolute atomic E-state index is 0.801. The third kappa shape index (κ3) is 2.25. The molecule has 0 unspecified atom stereocenters. The molecule has 3 heteroatoms. The average Bonchev–Trinajstić information content (AvgIpc) is 2.67. The number of nitrogens with zero attached hydrogens (tertiary/aromatic N) is 1. The van der Waals surface area contributed by atoms with Crippen molar-refractivity contribution in [3.8, 4) is 11.3 Å². The molecule has 0 spiro atoms. The van der Waals surface area contributed by atoms with Gasteiger partial charge in [0.1, 0.15) is 0 Å². The predicted octanol–water partition coefficient (Wildman–Crippen LogP) is 3.04. The Labute approximate surface area is 93.4 Å². The van der Waals surface area contributed by atoms with Crippen LogP contribution in [0.2, 0.25) is 0 Å². The third-order valence-corrected chi connectivity index (χ3v) is 3.28. The van der Waals surface area contributed by atoms with Gasteiger partial charge in [-0.25, -0.2) is 0 Å². The largest absolute Gasteiger partial charge is 0.385 e. The van der Waals surface area contributed by atoms with Crippen molar-refractivity contribution in [2.45, 2.75) is 19.4 Å². The summed E-state index contributed by atoms with van der Waals surface area (Å²) in [5, 5.41) is 9.82. The zero-order valence-electron chi connectivity index (χ0n) is 8.77. The molecule has 0 aliphatic carbocycles. The first-order valence-corrected chi connectivity index (χ1v) is 5.60. The summed E-state index contributed by atoms with van der Waals surface area (Å²) in [6.45, 7) is 3.55. The maximum Gasteiger partial charge on any atom is 0.0948 e. The Hall–Kier alpha value is -1.19. The van der Waals surface area contributed by atoms with Crippen LogP contribution in [-0.4, -0.2) is 9.48 Å². The molecule has 15 heavy (non-hydrogen) atoms. The van der Waals surface area contributed by atoms with Crippen LogP contribution in [0.1, 0.15) is 18.7 Å². The fraction of sp³-hybridized carbons (Fsp3) is 0.250. The van der Waals surface area contributed by atoms with Gasteiger partial charge in [0.25, 0.3) is 0 Å². The number of benzene rings is 1. The lowest BCUT2D eigenvalue weighted by Crippen LogP contribution is -2.12. The monoisotopic (exact) mass is 219 g/mol. The third-order valence-electron chi connectivity index (χ3n) is 2.18. The van der Waals surface area contributed by atoms with Gasteiger partial charge >= 0.3 is 0 Å². The van der Waals surface area contributed by atoms with Crippen molar-refractivity contribution in [1.82, 2.24) is 4.37 Å². The summed E-state index contributed by atoms with van der Waals surface area (Å²) < 4.78 is 4.33. The van der Waals surface area contributed by atoms with Gasteiger partial charge in [0.05, 0.1) is 16.2 Å². The molecule has 0 amide bonds. The maximum atomic E-state index is 9.82. The highest BCUT2D eigenvalue weighted by Gasteiger charge is 2.19. The van der Waals surface area contributed by atoms with E-state index >= 15 is 0 Å². The summed E-state index contributed by atoms with van der Waals surface area (Å²) in [7, 11) is 0. The number of hydrogen-bond donors (Lipinski definition) is 1. The standard InChI is InChI=1S/C12H13NOS/c1-12(2,14)11-8-10(13-15-11)9-6-4-3-5-7-9/h3-8,14H,1-2H3. The quantitative estimate of drug-likeness (QED) is 0.842. The van der Waals surface area contributed by atoms with Crippen molar-refractivity contribution < 1.29 is 5.11 Å².